The van der Waals surface area contributed by atoms with Crippen LogP contribution in [-0.2, 0) is 6.42 Å². The molecule has 0 spiro atoms. The van der Waals surface area contributed by atoms with Gasteiger partial charge in [-0.1, -0.05) is 13.8 Å². The van der Waals surface area contributed by atoms with Crippen LogP contribution in [-0.4, -0.2) is 18.1 Å². The number of nitrogens with one attached hydrogen (secondary N) is 1. The molecule has 1 N–H and O–H groups in total. The molecule has 0 saturated heterocycles. The first-order valence-electron chi connectivity index (χ1n) is 7.25. The van der Waals surface area contributed by atoms with Crippen molar-refractivity contribution in [2.45, 2.75) is 39.5 Å². The van der Waals surface area contributed by atoms with Crippen molar-refractivity contribution in [1.29, 1.82) is 0 Å². The highest BCUT2D eigenvalue weighted by atomic mass is 32.1. The minimum atomic E-state index is 0.537. The quantitative estimate of drug-likeness (QED) is 0.852. The summed E-state index contributed by atoms with van der Waals surface area (Å²) in [7, 11) is 0. The lowest BCUT2D eigenvalue weighted by Gasteiger charge is -2.31. The molecule has 2 nitrogen and oxygen atoms in total. The number of nitrogens with zero attached hydrogens (tertiary/aromatic N) is 1. The van der Waals surface area contributed by atoms with E-state index in [9.17, 15) is 0 Å². The van der Waals surface area contributed by atoms with Crippen LogP contribution in [0.1, 0.15) is 38.0 Å². The molecule has 2 fully saturated rings. The summed E-state index contributed by atoms with van der Waals surface area (Å²) in [5.74, 6) is 2.86. The van der Waals surface area contributed by atoms with Crippen LogP contribution in [0.4, 0.5) is 0 Å². The van der Waals surface area contributed by atoms with Gasteiger partial charge in [-0.3, -0.25) is 4.98 Å². The van der Waals surface area contributed by atoms with Crippen LogP contribution >= 0.6 is 11.3 Å². The zero-order valence-electron chi connectivity index (χ0n) is 11.5. The van der Waals surface area contributed by atoms with Crippen LogP contribution in [0.2, 0.25) is 0 Å². The van der Waals surface area contributed by atoms with Crippen LogP contribution in [0.15, 0.2) is 11.7 Å². The Labute approximate surface area is 114 Å². The number of hydrogen-bond donors (Lipinski definition) is 1. The Morgan fingerprint density at radius 3 is 2.83 bits per heavy atom. The summed E-state index contributed by atoms with van der Waals surface area (Å²) < 4.78 is 0. The molecular formula is C15H24N2S. The molecule has 18 heavy (non-hydrogen) atoms. The number of hydrogen-bond acceptors (Lipinski definition) is 3. The van der Waals surface area contributed by atoms with E-state index in [0.717, 1.165) is 24.3 Å². The van der Waals surface area contributed by atoms with Crippen molar-refractivity contribution in [2.75, 3.05) is 13.1 Å². The Morgan fingerprint density at radius 1 is 1.44 bits per heavy atom. The predicted molar refractivity (Wildman–Crippen MR) is 76.8 cm³/mol. The summed E-state index contributed by atoms with van der Waals surface area (Å²) in [6.07, 6.45) is 7.71. The minimum absolute atomic E-state index is 0.537. The van der Waals surface area contributed by atoms with Gasteiger partial charge in [0, 0.05) is 17.6 Å². The summed E-state index contributed by atoms with van der Waals surface area (Å²) in [6.45, 7) is 6.93. The Balaban J connectivity index is 1.61. The topological polar surface area (TPSA) is 24.9 Å². The van der Waals surface area contributed by atoms with E-state index < -0.39 is 0 Å². The number of thiazole rings is 1. The van der Waals surface area contributed by atoms with Crippen LogP contribution in [0.25, 0.3) is 0 Å². The van der Waals surface area contributed by atoms with Crippen molar-refractivity contribution < 1.29 is 0 Å². The third kappa shape index (κ3) is 2.77. The Hall–Kier alpha value is -0.410. The molecule has 3 heteroatoms. The van der Waals surface area contributed by atoms with Gasteiger partial charge >= 0.3 is 0 Å². The molecule has 1 heterocycles. The first kappa shape index (κ1) is 12.6. The maximum absolute atomic E-state index is 4.23. The SMILES string of the molecule is CC(C)CNCC1(Cc2cncs2)CC2CC2C1. The van der Waals surface area contributed by atoms with E-state index in [-0.39, 0.29) is 0 Å². The van der Waals surface area contributed by atoms with Gasteiger partial charge in [0.15, 0.2) is 0 Å². The van der Waals surface area contributed by atoms with Crippen molar-refractivity contribution >= 4 is 11.3 Å². The van der Waals surface area contributed by atoms with Crippen LogP contribution < -0.4 is 5.32 Å². The van der Waals surface area contributed by atoms with Crippen LogP contribution in [0.3, 0.4) is 0 Å². The average molecular weight is 264 g/mol. The van der Waals surface area contributed by atoms with Gasteiger partial charge in [0.1, 0.15) is 0 Å². The fraction of sp³-hybridized carbons (Fsp3) is 0.800. The summed E-state index contributed by atoms with van der Waals surface area (Å²) in [6, 6.07) is 0. The first-order chi connectivity index (χ1) is 8.67. The van der Waals surface area contributed by atoms with E-state index >= 15 is 0 Å². The maximum Gasteiger partial charge on any atom is 0.0794 e. The highest BCUT2D eigenvalue weighted by Gasteiger charge is 2.53. The molecule has 2 unspecified atom stereocenters. The molecule has 3 rings (SSSR count). The van der Waals surface area contributed by atoms with Gasteiger partial charge in [0.25, 0.3) is 0 Å². The highest BCUT2D eigenvalue weighted by Crippen LogP contribution is 2.60. The molecule has 100 valence electrons. The molecule has 2 aliphatic carbocycles. The van der Waals surface area contributed by atoms with Gasteiger partial charge in [-0.2, -0.15) is 0 Å². The lowest BCUT2D eigenvalue weighted by molar-refractivity contribution is 0.246. The van der Waals surface area contributed by atoms with Gasteiger partial charge < -0.3 is 5.32 Å². The minimum Gasteiger partial charge on any atom is -0.316 e. The molecule has 2 saturated carbocycles. The molecule has 2 atom stereocenters. The van der Waals surface area contributed by atoms with Gasteiger partial charge in [-0.05, 0) is 55.4 Å². The Kier molecular flexibility index (Phi) is 3.46. The van der Waals surface area contributed by atoms with Crippen molar-refractivity contribution in [1.82, 2.24) is 10.3 Å². The molecular weight excluding hydrogens is 240 g/mol. The second-order valence-corrected chi connectivity index (χ2v) is 7.80. The van der Waals surface area contributed by atoms with Gasteiger partial charge in [-0.15, -0.1) is 11.3 Å². The fourth-order valence-corrected chi connectivity index (χ4v) is 4.45. The van der Waals surface area contributed by atoms with Crippen molar-refractivity contribution in [2.24, 2.45) is 23.2 Å². The van der Waals surface area contributed by atoms with E-state index in [2.05, 4.69) is 30.3 Å². The first-order valence-corrected chi connectivity index (χ1v) is 8.13. The summed E-state index contributed by atoms with van der Waals surface area (Å²) >= 11 is 1.83. The lowest BCUT2D eigenvalue weighted by atomic mass is 9.79. The summed E-state index contributed by atoms with van der Waals surface area (Å²) in [5.41, 5.74) is 2.51. The Bertz CT molecular complexity index is 375. The van der Waals surface area contributed by atoms with Crippen LogP contribution in [0, 0.1) is 23.2 Å². The van der Waals surface area contributed by atoms with Crippen molar-refractivity contribution in [3.05, 3.63) is 16.6 Å². The zero-order chi connectivity index (χ0) is 12.6. The molecule has 2 aliphatic rings. The third-order valence-corrected chi connectivity index (χ3v) is 5.32. The molecule has 0 aromatic carbocycles. The van der Waals surface area contributed by atoms with Gasteiger partial charge in [0.2, 0.25) is 0 Å². The normalized spacial score (nSPS) is 33.9. The predicted octanol–water partition coefficient (Wildman–Crippen LogP) is 3.35. The van der Waals surface area contributed by atoms with Crippen molar-refractivity contribution in [3.63, 3.8) is 0 Å². The van der Waals surface area contributed by atoms with E-state index in [0.29, 0.717) is 5.41 Å². The molecule has 0 radical (unpaired) electrons. The fourth-order valence-electron chi connectivity index (χ4n) is 3.68. The Morgan fingerprint density at radius 2 is 2.22 bits per heavy atom. The number of aromatic nitrogens is 1. The number of rotatable bonds is 6. The largest absolute Gasteiger partial charge is 0.316 e. The van der Waals surface area contributed by atoms with Gasteiger partial charge in [0.05, 0.1) is 5.51 Å². The summed E-state index contributed by atoms with van der Waals surface area (Å²) in [4.78, 5) is 5.71. The van der Waals surface area contributed by atoms with E-state index in [1.165, 1.54) is 37.1 Å². The highest BCUT2D eigenvalue weighted by molar-refractivity contribution is 7.09. The third-order valence-electron chi connectivity index (χ3n) is 4.54. The molecule has 0 aliphatic heterocycles. The molecule has 0 bridgehead atoms. The van der Waals surface area contributed by atoms with E-state index in [1.807, 2.05) is 16.8 Å². The molecule has 1 aromatic rings. The zero-order valence-corrected chi connectivity index (χ0v) is 12.3. The number of fused-ring (bicyclic) bond motifs is 1. The van der Waals surface area contributed by atoms with E-state index in [1.54, 1.807) is 0 Å². The van der Waals surface area contributed by atoms with Crippen LogP contribution in [0.5, 0.6) is 0 Å². The molecule has 0 amide bonds. The van der Waals surface area contributed by atoms with E-state index in [4.69, 9.17) is 0 Å². The monoisotopic (exact) mass is 264 g/mol. The lowest BCUT2D eigenvalue weighted by Crippen LogP contribution is -2.36. The summed E-state index contributed by atoms with van der Waals surface area (Å²) in [5, 5.41) is 3.71. The maximum atomic E-state index is 4.23. The second kappa shape index (κ2) is 4.93. The smallest absolute Gasteiger partial charge is 0.0794 e. The second-order valence-electron chi connectivity index (χ2n) is 6.83. The van der Waals surface area contributed by atoms with Crippen molar-refractivity contribution in [3.8, 4) is 0 Å². The average Bonchev–Trinajstić information content (AvgIpc) is 2.76. The standard InChI is InChI=1S/C15H24N2S/c1-11(2)7-16-9-15(4-12-3-13(12)5-15)6-14-8-17-10-18-14/h8,10-13,16H,3-7,9H2,1-2H3. The van der Waals surface area contributed by atoms with Gasteiger partial charge in [-0.25, -0.2) is 0 Å². The molecule has 1 aromatic heterocycles.